The second-order valence-corrected chi connectivity index (χ2v) is 10.5. The monoisotopic (exact) mass is 484 g/mol. The summed E-state index contributed by atoms with van der Waals surface area (Å²) >= 11 is 0. The summed E-state index contributed by atoms with van der Waals surface area (Å²) in [5.74, 6) is 2.05. The standard InChI is InChI=1S/C22H28N8O3S/c1-14-10-19(29-28-14)25-18-13-20(33-2)27-22(26-18)24-15-11-16-6-5-7-17(12-15)30(16)34(31,32)21-8-3-4-9-23-21/h3-4,8-10,13,15-17H,5-7,11-12H2,1-2H3,(H3,24,25,26,27,28,29)/t15?,16-,17+. The Bertz CT molecular complexity index is 1240. The topological polar surface area (TPSA) is 138 Å². The van der Waals surface area contributed by atoms with Gasteiger partial charge < -0.3 is 15.4 Å². The Kier molecular flexibility index (Phi) is 6.09. The average molecular weight is 485 g/mol. The van der Waals surface area contributed by atoms with Gasteiger partial charge in [-0.2, -0.15) is 19.4 Å². The normalized spacial score (nSPS) is 22.8. The number of aromatic nitrogens is 5. The van der Waals surface area contributed by atoms with Crippen LogP contribution in [0.2, 0.25) is 0 Å². The van der Waals surface area contributed by atoms with Gasteiger partial charge in [0.15, 0.2) is 10.8 Å². The van der Waals surface area contributed by atoms with Crippen LogP contribution in [-0.2, 0) is 10.0 Å². The first-order chi connectivity index (χ1) is 16.4. The van der Waals surface area contributed by atoms with Crippen molar-refractivity contribution in [2.24, 2.45) is 0 Å². The van der Waals surface area contributed by atoms with Crippen molar-refractivity contribution in [1.29, 1.82) is 0 Å². The first kappa shape index (κ1) is 22.5. The van der Waals surface area contributed by atoms with Gasteiger partial charge in [0.25, 0.3) is 10.0 Å². The maximum absolute atomic E-state index is 13.4. The van der Waals surface area contributed by atoms with Crippen LogP contribution in [0.3, 0.4) is 0 Å². The highest BCUT2D eigenvalue weighted by Gasteiger charge is 2.45. The second kappa shape index (κ2) is 9.18. The number of aryl methyl sites for hydroxylation is 1. The smallest absolute Gasteiger partial charge is 0.261 e. The van der Waals surface area contributed by atoms with Gasteiger partial charge in [-0.3, -0.25) is 5.10 Å². The largest absolute Gasteiger partial charge is 0.481 e. The second-order valence-electron chi connectivity index (χ2n) is 8.73. The molecule has 5 rings (SSSR count). The zero-order chi connectivity index (χ0) is 23.7. The van der Waals surface area contributed by atoms with Gasteiger partial charge in [-0.1, -0.05) is 12.5 Å². The Morgan fingerprint density at radius 3 is 2.56 bits per heavy atom. The molecule has 0 saturated carbocycles. The lowest BCUT2D eigenvalue weighted by atomic mass is 9.84. The van der Waals surface area contributed by atoms with Gasteiger partial charge in [0, 0.05) is 42.1 Å². The number of methoxy groups -OCH3 is 1. The number of rotatable bonds is 7. The number of aromatic amines is 1. The van der Waals surface area contributed by atoms with Crippen molar-refractivity contribution in [2.75, 3.05) is 17.7 Å². The molecule has 12 heteroatoms. The van der Waals surface area contributed by atoms with E-state index in [4.69, 9.17) is 4.74 Å². The van der Waals surface area contributed by atoms with E-state index >= 15 is 0 Å². The van der Waals surface area contributed by atoms with Gasteiger partial charge in [0.2, 0.25) is 11.8 Å². The SMILES string of the molecule is COc1cc(Nc2cc(C)[nH]n2)nc(NC2C[C@H]3CCC[C@@H](C2)N3S(=O)(=O)c2ccccn2)n1. The van der Waals surface area contributed by atoms with Crippen LogP contribution in [0.4, 0.5) is 17.6 Å². The van der Waals surface area contributed by atoms with Gasteiger partial charge >= 0.3 is 0 Å². The number of sulfonamides is 1. The fraction of sp³-hybridized carbons (Fsp3) is 0.455. The van der Waals surface area contributed by atoms with E-state index in [1.807, 2.05) is 13.0 Å². The molecule has 180 valence electrons. The molecular weight excluding hydrogens is 456 g/mol. The van der Waals surface area contributed by atoms with Crippen molar-refractivity contribution in [3.8, 4) is 5.88 Å². The molecular formula is C22H28N8O3S. The fourth-order valence-electron chi connectivity index (χ4n) is 4.91. The highest BCUT2D eigenvalue weighted by atomic mass is 32.2. The molecule has 0 aliphatic carbocycles. The van der Waals surface area contributed by atoms with E-state index in [1.165, 1.54) is 6.20 Å². The molecule has 2 bridgehead atoms. The van der Waals surface area contributed by atoms with E-state index < -0.39 is 10.0 Å². The Morgan fingerprint density at radius 1 is 1.12 bits per heavy atom. The van der Waals surface area contributed by atoms with E-state index in [2.05, 4.69) is 35.8 Å². The first-order valence-corrected chi connectivity index (χ1v) is 12.8. The molecule has 3 aromatic rings. The summed E-state index contributed by atoms with van der Waals surface area (Å²) in [5.41, 5.74) is 0.931. The Balaban J connectivity index is 1.34. The molecule has 2 aliphatic rings. The minimum Gasteiger partial charge on any atom is -0.481 e. The molecule has 1 unspecified atom stereocenters. The van der Waals surface area contributed by atoms with E-state index in [0.29, 0.717) is 36.3 Å². The summed E-state index contributed by atoms with van der Waals surface area (Å²) in [6.45, 7) is 1.92. The molecule has 3 atom stereocenters. The molecule has 0 aromatic carbocycles. The zero-order valence-electron chi connectivity index (χ0n) is 19.1. The van der Waals surface area contributed by atoms with Crippen LogP contribution in [0.15, 0.2) is 41.6 Å². The van der Waals surface area contributed by atoms with Gasteiger partial charge in [-0.15, -0.1) is 0 Å². The molecule has 3 aromatic heterocycles. The number of anilines is 3. The molecule has 0 radical (unpaired) electrons. The molecule has 3 N–H and O–H groups in total. The van der Waals surface area contributed by atoms with E-state index in [-0.39, 0.29) is 23.2 Å². The van der Waals surface area contributed by atoms with Crippen LogP contribution >= 0.6 is 0 Å². The summed E-state index contributed by atoms with van der Waals surface area (Å²) in [5, 5.41) is 13.8. The van der Waals surface area contributed by atoms with Crippen LogP contribution in [-0.4, -0.2) is 63.1 Å². The maximum atomic E-state index is 13.4. The number of H-pyrrole nitrogens is 1. The molecule has 34 heavy (non-hydrogen) atoms. The van der Waals surface area contributed by atoms with E-state index in [9.17, 15) is 8.42 Å². The number of ether oxygens (including phenoxy) is 1. The number of fused-ring (bicyclic) bond motifs is 2. The maximum Gasteiger partial charge on any atom is 0.261 e. The van der Waals surface area contributed by atoms with Crippen molar-refractivity contribution in [3.63, 3.8) is 0 Å². The number of piperidine rings is 2. The Labute approximate surface area is 198 Å². The third-order valence-corrected chi connectivity index (χ3v) is 8.22. The number of nitrogens with zero attached hydrogens (tertiary/aromatic N) is 5. The lowest BCUT2D eigenvalue weighted by molar-refractivity contribution is 0.115. The lowest BCUT2D eigenvalue weighted by Crippen LogP contribution is -2.57. The fourth-order valence-corrected chi connectivity index (χ4v) is 6.74. The van der Waals surface area contributed by atoms with Crippen LogP contribution in [0.1, 0.15) is 37.8 Å². The van der Waals surface area contributed by atoms with Crippen molar-refractivity contribution in [1.82, 2.24) is 29.5 Å². The quantitative estimate of drug-likeness (QED) is 0.462. The predicted molar refractivity (Wildman–Crippen MR) is 127 cm³/mol. The Morgan fingerprint density at radius 2 is 1.91 bits per heavy atom. The van der Waals surface area contributed by atoms with Crippen LogP contribution in [0.5, 0.6) is 5.88 Å². The van der Waals surface area contributed by atoms with Gasteiger partial charge in [0.1, 0.15) is 5.82 Å². The van der Waals surface area contributed by atoms with Crippen LogP contribution < -0.4 is 15.4 Å². The number of hydrogen-bond acceptors (Lipinski definition) is 9. The lowest BCUT2D eigenvalue weighted by Gasteiger charge is -2.47. The highest BCUT2D eigenvalue weighted by Crippen LogP contribution is 2.38. The molecule has 0 amide bonds. The highest BCUT2D eigenvalue weighted by molar-refractivity contribution is 7.89. The van der Waals surface area contributed by atoms with Gasteiger partial charge in [0.05, 0.1) is 7.11 Å². The van der Waals surface area contributed by atoms with Crippen LogP contribution in [0, 0.1) is 6.92 Å². The zero-order valence-corrected chi connectivity index (χ0v) is 19.9. The molecule has 2 aliphatic heterocycles. The Hall–Kier alpha value is -3.25. The minimum atomic E-state index is -3.64. The number of pyridine rings is 1. The summed E-state index contributed by atoms with van der Waals surface area (Å²) in [6.07, 6.45) is 5.53. The number of nitrogens with one attached hydrogen (secondary N) is 3. The summed E-state index contributed by atoms with van der Waals surface area (Å²) in [6, 6.07) is 8.43. The average Bonchev–Trinajstić information content (AvgIpc) is 3.23. The summed E-state index contributed by atoms with van der Waals surface area (Å²) < 4.78 is 33.8. The third kappa shape index (κ3) is 4.55. The summed E-state index contributed by atoms with van der Waals surface area (Å²) in [4.78, 5) is 13.1. The molecule has 5 heterocycles. The minimum absolute atomic E-state index is 0.0399. The van der Waals surface area contributed by atoms with Crippen LogP contribution in [0.25, 0.3) is 0 Å². The van der Waals surface area contributed by atoms with Crippen molar-refractivity contribution in [3.05, 3.63) is 42.2 Å². The summed E-state index contributed by atoms with van der Waals surface area (Å²) in [7, 11) is -2.09. The molecule has 2 fully saturated rings. The molecule has 0 spiro atoms. The van der Waals surface area contributed by atoms with Gasteiger partial charge in [-0.25, -0.2) is 13.4 Å². The van der Waals surface area contributed by atoms with E-state index in [1.54, 1.807) is 35.7 Å². The first-order valence-electron chi connectivity index (χ1n) is 11.4. The van der Waals surface area contributed by atoms with Gasteiger partial charge in [-0.05, 0) is 44.7 Å². The van der Waals surface area contributed by atoms with Crippen molar-refractivity contribution >= 4 is 27.6 Å². The van der Waals surface area contributed by atoms with Crippen molar-refractivity contribution in [2.45, 2.75) is 62.2 Å². The third-order valence-electron chi connectivity index (χ3n) is 6.29. The number of hydrogen-bond donors (Lipinski definition) is 3. The predicted octanol–water partition coefficient (Wildman–Crippen LogP) is 2.84. The molecule has 11 nitrogen and oxygen atoms in total. The van der Waals surface area contributed by atoms with Crippen molar-refractivity contribution < 1.29 is 13.2 Å². The molecule has 2 saturated heterocycles. The van der Waals surface area contributed by atoms with E-state index in [0.717, 1.165) is 25.0 Å².